The van der Waals surface area contributed by atoms with E-state index in [0.717, 1.165) is 31.9 Å². The molecule has 1 atom stereocenters. The van der Waals surface area contributed by atoms with Crippen LogP contribution < -0.4 is 10.1 Å². The van der Waals surface area contributed by atoms with Crippen LogP contribution in [0.4, 0.5) is 5.69 Å². The van der Waals surface area contributed by atoms with E-state index in [1.165, 1.54) is 24.2 Å². The van der Waals surface area contributed by atoms with Crippen molar-refractivity contribution in [2.45, 2.75) is 39.7 Å². The minimum absolute atomic E-state index is 0.283. The number of ether oxygens (including phenoxy) is 1. The van der Waals surface area contributed by atoms with Gasteiger partial charge in [-0.1, -0.05) is 19.1 Å². The largest absolute Gasteiger partial charge is 0.491 e. The minimum Gasteiger partial charge on any atom is -0.491 e. The number of hydrogen-bond acceptors (Lipinski definition) is 3. The van der Waals surface area contributed by atoms with Gasteiger partial charge in [0, 0.05) is 24.5 Å². The van der Waals surface area contributed by atoms with Crippen LogP contribution in [0.2, 0.25) is 0 Å². The third-order valence-electron chi connectivity index (χ3n) is 4.70. The first-order valence-electron chi connectivity index (χ1n) is 7.80. The number of anilines is 1. The summed E-state index contributed by atoms with van der Waals surface area (Å²) in [6.07, 6.45) is 2.35. The molecule has 0 amide bonds. The molecule has 1 fully saturated rings. The van der Waals surface area contributed by atoms with Crippen molar-refractivity contribution < 1.29 is 4.74 Å². The lowest BCUT2D eigenvalue weighted by molar-refractivity contribution is 0.155. The molecule has 3 rings (SSSR count). The number of nitrogens with one attached hydrogen (secondary N) is 1. The topological polar surface area (TPSA) is 24.5 Å². The average Bonchev–Trinajstić information content (AvgIpc) is 3.03. The molecule has 0 aliphatic carbocycles. The predicted molar refractivity (Wildman–Crippen MR) is 83.6 cm³/mol. The second-order valence-electron chi connectivity index (χ2n) is 6.88. The van der Waals surface area contributed by atoms with Gasteiger partial charge in [0.05, 0.1) is 12.3 Å². The zero-order valence-corrected chi connectivity index (χ0v) is 12.9. The highest BCUT2D eigenvalue weighted by Gasteiger charge is 2.35. The van der Waals surface area contributed by atoms with Crippen LogP contribution in [0, 0.1) is 5.41 Å². The molecular weight excluding hydrogens is 248 g/mol. The Morgan fingerprint density at radius 2 is 2.25 bits per heavy atom. The first-order valence-corrected chi connectivity index (χ1v) is 7.80. The predicted octanol–water partition coefficient (Wildman–Crippen LogP) is 3.15. The lowest BCUT2D eigenvalue weighted by Gasteiger charge is -2.27. The second kappa shape index (κ2) is 5.28. The van der Waals surface area contributed by atoms with Gasteiger partial charge >= 0.3 is 0 Å². The first-order chi connectivity index (χ1) is 9.57. The normalized spacial score (nSPS) is 25.8. The molecule has 0 bridgehead atoms. The Morgan fingerprint density at radius 1 is 1.40 bits per heavy atom. The van der Waals surface area contributed by atoms with Crippen molar-refractivity contribution in [1.29, 1.82) is 0 Å². The molecule has 3 nitrogen and oxygen atoms in total. The molecule has 2 aliphatic heterocycles. The summed E-state index contributed by atoms with van der Waals surface area (Å²) in [7, 11) is 0. The maximum atomic E-state index is 6.17. The van der Waals surface area contributed by atoms with Crippen molar-refractivity contribution in [3.8, 4) is 5.75 Å². The Labute approximate surface area is 122 Å². The fourth-order valence-electron chi connectivity index (χ4n) is 3.30. The molecule has 1 saturated heterocycles. The Morgan fingerprint density at radius 3 is 3.00 bits per heavy atom. The third-order valence-corrected chi connectivity index (χ3v) is 4.70. The number of hydrogen-bond donors (Lipinski definition) is 1. The fraction of sp³-hybridized carbons (Fsp3) is 0.647. The van der Waals surface area contributed by atoms with Crippen molar-refractivity contribution in [3.05, 3.63) is 23.8 Å². The SMILES string of the molecule is CC(C)N1CCC(C)(COc2cccc3c2NCC3)C1. The summed E-state index contributed by atoms with van der Waals surface area (Å²) < 4.78 is 6.17. The average molecular weight is 274 g/mol. The van der Waals surface area contributed by atoms with Crippen LogP contribution in [0.5, 0.6) is 5.75 Å². The molecule has 20 heavy (non-hydrogen) atoms. The van der Waals surface area contributed by atoms with Crippen LogP contribution in [0.3, 0.4) is 0 Å². The van der Waals surface area contributed by atoms with Gasteiger partial charge in [-0.25, -0.2) is 0 Å². The van der Waals surface area contributed by atoms with E-state index in [0.29, 0.717) is 6.04 Å². The van der Waals surface area contributed by atoms with E-state index in [1.54, 1.807) is 0 Å². The van der Waals surface area contributed by atoms with Gasteiger partial charge in [0.1, 0.15) is 5.75 Å². The zero-order chi connectivity index (χ0) is 14.2. The van der Waals surface area contributed by atoms with Crippen LogP contribution >= 0.6 is 0 Å². The summed E-state index contributed by atoms with van der Waals surface area (Å²) in [6, 6.07) is 7.04. The van der Waals surface area contributed by atoms with Crippen molar-refractivity contribution >= 4 is 5.69 Å². The number of likely N-dealkylation sites (tertiary alicyclic amines) is 1. The Bertz CT molecular complexity index is 486. The number of para-hydroxylation sites is 1. The first kappa shape index (κ1) is 13.7. The number of benzene rings is 1. The summed E-state index contributed by atoms with van der Waals surface area (Å²) >= 11 is 0. The van der Waals surface area contributed by atoms with E-state index in [4.69, 9.17) is 4.74 Å². The molecule has 0 saturated carbocycles. The maximum Gasteiger partial charge on any atom is 0.142 e. The van der Waals surface area contributed by atoms with Gasteiger partial charge in [-0.05, 0) is 44.9 Å². The Balaban J connectivity index is 1.64. The van der Waals surface area contributed by atoms with E-state index < -0.39 is 0 Å². The summed E-state index contributed by atoms with van der Waals surface area (Å²) in [6.45, 7) is 11.1. The van der Waals surface area contributed by atoms with Gasteiger partial charge in [0.15, 0.2) is 0 Å². The van der Waals surface area contributed by atoms with Crippen molar-refractivity contribution in [1.82, 2.24) is 4.90 Å². The molecule has 1 N–H and O–H groups in total. The summed E-state index contributed by atoms with van der Waals surface area (Å²) in [5.41, 5.74) is 2.89. The molecule has 110 valence electrons. The minimum atomic E-state index is 0.283. The van der Waals surface area contributed by atoms with Gasteiger partial charge in [-0.2, -0.15) is 0 Å². The number of fused-ring (bicyclic) bond motifs is 1. The molecule has 0 spiro atoms. The Hall–Kier alpha value is -1.22. The van der Waals surface area contributed by atoms with Crippen LogP contribution in [-0.4, -0.2) is 37.2 Å². The molecule has 0 aromatic heterocycles. The maximum absolute atomic E-state index is 6.17. The van der Waals surface area contributed by atoms with Crippen molar-refractivity contribution in [2.75, 3.05) is 31.6 Å². The summed E-state index contributed by atoms with van der Waals surface area (Å²) in [5.74, 6) is 1.03. The molecular formula is C17H26N2O. The van der Waals surface area contributed by atoms with Crippen LogP contribution in [-0.2, 0) is 6.42 Å². The van der Waals surface area contributed by atoms with Gasteiger partial charge in [-0.3, -0.25) is 0 Å². The summed E-state index contributed by atoms with van der Waals surface area (Å²) in [5, 5.41) is 3.45. The van der Waals surface area contributed by atoms with E-state index in [2.05, 4.69) is 49.2 Å². The molecule has 1 unspecified atom stereocenters. The Kier molecular flexibility index (Phi) is 3.63. The van der Waals surface area contributed by atoms with Gasteiger partial charge < -0.3 is 15.0 Å². The van der Waals surface area contributed by atoms with Crippen LogP contribution in [0.25, 0.3) is 0 Å². The van der Waals surface area contributed by atoms with Gasteiger partial charge in [-0.15, -0.1) is 0 Å². The van der Waals surface area contributed by atoms with E-state index >= 15 is 0 Å². The second-order valence-corrected chi connectivity index (χ2v) is 6.88. The quantitative estimate of drug-likeness (QED) is 0.913. The highest BCUT2D eigenvalue weighted by Crippen LogP contribution is 2.36. The van der Waals surface area contributed by atoms with E-state index in [9.17, 15) is 0 Å². The lowest BCUT2D eigenvalue weighted by atomic mass is 9.91. The number of nitrogens with zero attached hydrogens (tertiary/aromatic N) is 1. The molecule has 3 heteroatoms. The standard InChI is InChI=1S/C17H26N2O/c1-13(2)19-10-8-17(3,11-19)12-20-15-6-4-5-14-7-9-18-16(14)15/h4-6,13,18H,7-12H2,1-3H3. The summed E-state index contributed by atoms with van der Waals surface area (Å²) in [4.78, 5) is 2.55. The zero-order valence-electron chi connectivity index (χ0n) is 12.9. The molecule has 2 aliphatic rings. The van der Waals surface area contributed by atoms with Crippen molar-refractivity contribution in [2.24, 2.45) is 5.41 Å². The van der Waals surface area contributed by atoms with E-state index in [-0.39, 0.29) is 5.41 Å². The monoisotopic (exact) mass is 274 g/mol. The lowest BCUT2D eigenvalue weighted by Crippen LogP contribution is -2.33. The highest BCUT2D eigenvalue weighted by atomic mass is 16.5. The van der Waals surface area contributed by atoms with Crippen LogP contribution in [0.15, 0.2) is 18.2 Å². The highest BCUT2D eigenvalue weighted by molar-refractivity contribution is 5.65. The number of rotatable bonds is 4. The molecule has 1 aromatic rings. The fourth-order valence-corrected chi connectivity index (χ4v) is 3.30. The third kappa shape index (κ3) is 2.64. The van der Waals surface area contributed by atoms with E-state index in [1.807, 2.05) is 0 Å². The molecule has 0 radical (unpaired) electrons. The molecule has 1 aromatic carbocycles. The van der Waals surface area contributed by atoms with Gasteiger partial charge in [0.25, 0.3) is 0 Å². The smallest absolute Gasteiger partial charge is 0.142 e. The van der Waals surface area contributed by atoms with Crippen molar-refractivity contribution in [3.63, 3.8) is 0 Å². The van der Waals surface area contributed by atoms with Crippen LogP contribution in [0.1, 0.15) is 32.8 Å². The molecule has 2 heterocycles. The van der Waals surface area contributed by atoms with Gasteiger partial charge in [0.2, 0.25) is 0 Å².